The van der Waals surface area contributed by atoms with Gasteiger partial charge in [-0.15, -0.1) is 0 Å². The third-order valence-corrected chi connectivity index (χ3v) is 4.27. The highest BCUT2D eigenvalue weighted by Gasteiger charge is 2.40. The number of carboxylic acid groups (broad SMARTS) is 1. The van der Waals surface area contributed by atoms with Gasteiger partial charge >= 0.3 is 5.97 Å². The molecule has 2 aliphatic heterocycles. The Morgan fingerprint density at radius 2 is 1.74 bits per heavy atom. The van der Waals surface area contributed by atoms with Crippen molar-refractivity contribution in [3.8, 4) is 11.5 Å². The number of ether oxygens (including phenoxy) is 2. The molecule has 1 aromatic rings. The summed E-state index contributed by atoms with van der Waals surface area (Å²) < 4.78 is 11.1. The molecule has 1 amide bonds. The van der Waals surface area contributed by atoms with Crippen molar-refractivity contribution in [1.29, 1.82) is 0 Å². The molecule has 23 heavy (non-hydrogen) atoms. The van der Waals surface area contributed by atoms with Crippen LogP contribution >= 0.6 is 0 Å². The summed E-state index contributed by atoms with van der Waals surface area (Å²) in [4.78, 5) is 25.1. The van der Waals surface area contributed by atoms with Crippen molar-refractivity contribution in [3.63, 3.8) is 0 Å². The molecular formula is C16H19NO6. The first kappa shape index (κ1) is 15.6. The zero-order valence-electron chi connectivity index (χ0n) is 12.7. The first-order valence-corrected chi connectivity index (χ1v) is 7.64. The lowest BCUT2D eigenvalue weighted by Crippen LogP contribution is -2.50. The summed E-state index contributed by atoms with van der Waals surface area (Å²) in [6.07, 6.45) is 0.842. The summed E-state index contributed by atoms with van der Waals surface area (Å²) in [5, 5.41) is 18.9. The second-order valence-electron chi connectivity index (χ2n) is 5.84. The van der Waals surface area contributed by atoms with Crippen molar-refractivity contribution in [2.24, 2.45) is 0 Å². The summed E-state index contributed by atoms with van der Waals surface area (Å²) in [6.45, 7) is 1.53. The van der Waals surface area contributed by atoms with Gasteiger partial charge < -0.3 is 24.6 Å². The molecule has 2 N–H and O–H groups in total. The molecular weight excluding hydrogens is 302 g/mol. The Morgan fingerprint density at radius 3 is 2.39 bits per heavy atom. The van der Waals surface area contributed by atoms with E-state index in [4.69, 9.17) is 14.6 Å². The molecule has 3 rings (SSSR count). The molecule has 1 aromatic carbocycles. The summed E-state index contributed by atoms with van der Waals surface area (Å²) >= 11 is 0. The van der Waals surface area contributed by atoms with E-state index in [9.17, 15) is 14.7 Å². The monoisotopic (exact) mass is 321 g/mol. The molecule has 1 fully saturated rings. The lowest BCUT2D eigenvalue weighted by molar-refractivity contribution is -0.162. The number of hydrogen-bond donors (Lipinski definition) is 2. The minimum absolute atomic E-state index is 0.0264. The largest absolute Gasteiger partial charge is 0.490 e. The molecule has 0 unspecified atom stereocenters. The van der Waals surface area contributed by atoms with Gasteiger partial charge in [-0.05, 0) is 18.2 Å². The quantitative estimate of drug-likeness (QED) is 0.840. The van der Waals surface area contributed by atoms with E-state index >= 15 is 0 Å². The van der Waals surface area contributed by atoms with E-state index in [1.165, 1.54) is 0 Å². The van der Waals surface area contributed by atoms with E-state index in [2.05, 4.69) is 0 Å². The van der Waals surface area contributed by atoms with Crippen molar-refractivity contribution in [3.05, 3.63) is 23.8 Å². The van der Waals surface area contributed by atoms with Crippen molar-refractivity contribution < 1.29 is 29.3 Å². The first-order chi connectivity index (χ1) is 11.0. The van der Waals surface area contributed by atoms with Crippen molar-refractivity contribution in [2.45, 2.75) is 24.9 Å². The fraction of sp³-hybridized carbons (Fsp3) is 0.500. The lowest BCUT2D eigenvalue weighted by Gasteiger charge is -2.35. The van der Waals surface area contributed by atoms with Crippen molar-refractivity contribution in [2.75, 3.05) is 26.3 Å². The van der Waals surface area contributed by atoms with Crippen LogP contribution in [-0.4, -0.2) is 58.9 Å². The molecule has 0 spiro atoms. The Hall–Kier alpha value is -2.28. The van der Waals surface area contributed by atoms with Crippen LogP contribution in [0.25, 0.3) is 0 Å². The maximum absolute atomic E-state index is 12.6. The van der Waals surface area contributed by atoms with Gasteiger partial charge in [0.1, 0.15) is 0 Å². The number of rotatable bonds is 2. The zero-order chi connectivity index (χ0) is 16.4. The van der Waals surface area contributed by atoms with E-state index in [0.717, 1.165) is 6.42 Å². The molecule has 2 aliphatic rings. The predicted molar refractivity (Wildman–Crippen MR) is 79.8 cm³/mol. The van der Waals surface area contributed by atoms with E-state index < -0.39 is 11.6 Å². The maximum Gasteiger partial charge on any atom is 0.335 e. The van der Waals surface area contributed by atoms with Gasteiger partial charge in [0.05, 0.1) is 13.2 Å². The van der Waals surface area contributed by atoms with Gasteiger partial charge in [-0.3, -0.25) is 4.79 Å². The molecule has 0 bridgehead atoms. The SMILES string of the molecule is O=C(c1ccc2c(c1)OCCCO2)N1CCC(O)(C(=O)O)CC1. The highest BCUT2D eigenvalue weighted by molar-refractivity contribution is 5.95. The van der Waals surface area contributed by atoms with Crippen LogP contribution in [0, 0.1) is 0 Å². The van der Waals surface area contributed by atoms with Crippen LogP contribution < -0.4 is 9.47 Å². The summed E-state index contributed by atoms with van der Waals surface area (Å²) in [5.74, 6) is -0.265. The van der Waals surface area contributed by atoms with Gasteiger partial charge in [-0.1, -0.05) is 0 Å². The third-order valence-electron chi connectivity index (χ3n) is 4.27. The molecule has 124 valence electrons. The molecule has 0 radical (unpaired) electrons. The number of carboxylic acids is 1. The normalized spacial score (nSPS) is 19.8. The summed E-state index contributed by atoms with van der Waals surface area (Å²) in [7, 11) is 0. The van der Waals surface area contributed by atoms with Gasteiger partial charge in [0, 0.05) is 37.9 Å². The average Bonchev–Trinajstić information content (AvgIpc) is 2.79. The number of fused-ring (bicyclic) bond motifs is 1. The topological polar surface area (TPSA) is 96.3 Å². The summed E-state index contributed by atoms with van der Waals surface area (Å²) in [5.41, 5.74) is -1.27. The number of hydrogen-bond acceptors (Lipinski definition) is 5. The first-order valence-electron chi connectivity index (χ1n) is 7.64. The minimum atomic E-state index is -1.73. The maximum atomic E-state index is 12.6. The summed E-state index contributed by atoms with van der Waals surface area (Å²) in [6, 6.07) is 5.04. The Labute approximate surface area is 133 Å². The van der Waals surface area contributed by atoms with E-state index in [1.54, 1.807) is 23.1 Å². The number of nitrogens with zero attached hydrogens (tertiary/aromatic N) is 1. The molecule has 7 heteroatoms. The van der Waals surface area contributed by atoms with Gasteiger partial charge in [-0.25, -0.2) is 4.79 Å². The molecule has 2 heterocycles. The number of likely N-dealkylation sites (tertiary alicyclic amines) is 1. The molecule has 1 saturated heterocycles. The van der Waals surface area contributed by atoms with Gasteiger partial charge in [0.25, 0.3) is 5.91 Å². The second kappa shape index (κ2) is 6.08. The Morgan fingerprint density at radius 1 is 1.09 bits per heavy atom. The minimum Gasteiger partial charge on any atom is -0.490 e. The predicted octanol–water partition coefficient (Wildman–Crippen LogP) is 0.900. The molecule has 7 nitrogen and oxygen atoms in total. The highest BCUT2D eigenvalue weighted by atomic mass is 16.5. The Bertz CT molecular complexity index is 621. The Kier molecular flexibility index (Phi) is 4.12. The smallest absolute Gasteiger partial charge is 0.335 e. The number of amides is 1. The third kappa shape index (κ3) is 3.10. The fourth-order valence-corrected chi connectivity index (χ4v) is 2.77. The second-order valence-corrected chi connectivity index (χ2v) is 5.84. The van der Waals surface area contributed by atoms with Crippen LogP contribution in [0.1, 0.15) is 29.6 Å². The molecule has 0 atom stereocenters. The molecule has 0 saturated carbocycles. The van der Waals surface area contributed by atoms with Crippen LogP contribution in [0.2, 0.25) is 0 Å². The lowest BCUT2D eigenvalue weighted by atomic mass is 9.91. The van der Waals surface area contributed by atoms with Gasteiger partial charge in [-0.2, -0.15) is 0 Å². The number of benzene rings is 1. The van der Waals surface area contributed by atoms with Crippen LogP contribution in [0.3, 0.4) is 0 Å². The number of carbonyl (C=O) groups is 2. The van der Waals surface area contributed by atoms with E-state index in [0.29, 0.717) is 30.3 Å². The van der Waals surface area contributed by atoms with Crippen LogP contribution in [-0.2, 0) is 4.79 Å². The van der Waals surface area contributed by atoms with E-state index in [-0.39, 0.29) is 31.8 Å². The number of carbonyl (C=O) groups excluding carboxylic acids is 1. The Balaban J connectivity index is 1.72. The zero-order valence-corrected chi connectivity index (χ0v) is 12.7. The number of aliphatic carboxylic acids is 1. The van der Waals surface area contributed by atoms with Crippen LogP contribution in [0.4, 0.5) is 0 Å². The highest BCUT2D eigenvalue weighted by Crippen LogP contribution is 2.31. The van der Waals surface area contributed by atoms with Crippen LogP contribution in [0.15, 0.2) is 18.2 Å². The fourth-order valence-electron chi connectivity index (χ4n) is 2.77. The van der Waals surface area contributed by atoms with Gasteiger partial charge in [0.2, 0.25) is 0 Å². The van der Waals surface area contributed by atoms with Crippen molar-refractivity contribution >= 4 is 11.9 Å². The number of piperidine rings is 1. The van der Waals surface area contributed by atoms with Crippen molar-refractivity contribution in [1.82, 2.24) is 4.90 Å². The van der Waals surface area contributed by atoms with Gasteiger partial charge in [0.15, 0.2) is 17.1 Å². The average molecular weight is 321 g/mol. The molecule has 0 aromatic heterocycles. The standard InChI is InChI=1S/C16H19NO6/c18-14(17-6-4-16(21,5-7-17)15(19)20)11-2-3-12-13(10-11)23-9-1-8-22-12/h2-3,10,21H,1,4-9H2,(H,19,20). The van der Waals surface area contributed by atoms with E-state index in [1.807, 2.05) is 0 Å². The van der Waals surface area contributed by atoms with Crippen LogP contribution in [0.5, 0.6) is 11.5 Å². The molecule has 0 aliphatic carbocycles. The number of aliphatic hydroxyl groups is 1.